The maximum Gasteiger partial charge on any atom is 0.417 e. The van der Waals surface area contributed by atoms with Crippen molar-refractivity contribution in [2.24, 2.45) is 0 Å². The largest absolute Gasteiger partial charge is 0.417 e. The fraction of sp³-hybridized carbons (Fsp3) is 0.515. The van der Waals surface area contributed by atoms with E-state index in [-0.39, 0.29) is 11.4 Å². The first-order valence-corrected chi connectivity index (χ1v) is 15.2. The lowest BCUT2D eigenvalue weighted by atomic mass is 9.76. The summed E-state index contributed by atoms with van der Waals surface area (Å²) in [6.07, 6.45) is 2.59. The number of alkyl halides is 3. The van der Waals surface area contributed by atoms with Gasteiger partial charge in [0.05, 0.1) is 34.8 Å². The van der Waals surface area contributed by atoms with E-state index in [4.69, 9.17) is 4.74 Å². The number of allylic oxidation sites excluding steroid dienone is 1. The number of aromatic nitrogens is 2. The van der Waals surface area contributed by atoms with Crippen LogP contribution in [0.1, 0.15) is 71.6 Å². The summed E-state index contributed by atoms with van der Waals surface area (Å²) in [4.78, 5) is 25.5. The highest BCUT2D eigenvalue weighted by Gasteiger charge is 2.39. The molecule has 2 aromatic heterocycles. The Morgan fingerprint density at radius 3 is 2.23 bits per heavy atom. The Morgan fingerprint density at radius 2 is 1.75 bits per heavy atom. The van der Waals surface area contributed by atoms with Gasteiger partial charge in [0.15, 0.2) is 0 Å². The van der Waals surface area contributed by atoms with Crippen LogP contribution in [0.4, 0.5) is 24.7 Å². The minimum atomic E-state index is -4.49. The molecule has 0 saturated carbocycles. The minimum absolute atomic E-state index is 0.224. The van der Waals surface area contributed by atoms with Gasteiger partial charge in [0.2, 0.25) is 0 Å². The molecule has 0 radical (unpaired) electrons. The second-order valence-electron chi connectivity index (χ2n) is 10.1. The quantitative estimate of drug-likeness (QED) is 0.262. The summed E-state index contributed by atoms with van der Waals surface area (Å²) >= 11 is 0. The molecule has 2 fully saturated rings. The molecule has 240 valence electrons. The lowest BCUT2D eigenvalue weighted by Gasteiger charge is -2.42. The molecule has 4 rings (SSSR count). The predicted molar refractivity (Wildman–Crippen MR) is 168 cm³/mol. The lowest BCUT2D eigenvalue weighted by molar-refractivity contribution is -0.137. The van der Waals surface area contributed by atoms with Crippen molar-refractivity contribution in [3.8, 4) is 6.07 Å². The predicted octanol–water partition coefficient (Wildman–Crippen LogP) is 7.12. The van der Waals surface area contributed by atoms with Crippen LogP contribution < -0.4 is 10.2 Å². The zero-order valence-electron chi connectivity index (χ0n) is 26.7. The van der Waals surface area contributed by atoms with Gasteiger partial charge < -0.3 is 19.9 Å². The molecule has 0 aliphatic carbocycles. The monoisotopic (exact) mass is 614 g/mol. The number of carbonyl (C=O) groups excluding carboxylic acids is 1. The maximum atomic E-state index is 13.1. The number of carbonyl (C=O) groups is 1. The van der Waals surface area contributed by atoms with Crippen molar-refractivity contribution >= 4 is 17.4 Å². The Bertz CT molecular complexity index is 1270. The lowest BCUT2D eigenvalue weighted by Crippen LogP contribution is -2.48. The average molecular weight is 615 g/mol. The van der Waals surface area contributed by atoms with Gasteiger partial charge in [0, 0.05) is 51.3 Å². The molecule has 0 bridgehead atoms. The number of hydrogen-bond acceptors (Lipinski definition) is 7. The van der Waals surface area contributed by atoms with Crippen LogP contribution in [0.2, 0.25) is 0 Å². The Labute approximate surface area is 259 Å². The van der Waals surface area contributed by atoms with Gasteiger partial charge in [0.25, 0.3) is 5.91 Å². The standard InChI is InChI=1S/C29H33F3N6O2.2C2H6/c1-4-24(20(2)37(3)26-8-5-21(17-35-26)29(30,31)32)27(39)36-22-6-7-25(34-18-22)28(19-33)11-13-38(14-12-28)23-9-15-40-16-10-23;2*1-2/h4-8,17-18,23H,1,9-16H2,2-3H3,(H,36,39);2*1-2H3/b24-20+;;. The Hall–Kier alpha value is -3.75. The fourth-order valence-corrected chi connectivity index (χ4v) is 5.21. The smallest absolute Gasteiger partial charge is 0.381 e. The summed E-state index contributed by atoms with van der Waals surface area (Å²) in [6.45, 7) is 16.6. The van der Waals surface area contributed by atoms with E-state index in [2.05, 4.69) is 32.8 Å². The molecule has 2 aliphatic heterocycles. The van der Waals surface area contributed by atoms with Gasteiger partial charge >= 0.3 is 6.18 Å². The minimum Gasteiger partial charge on any atom is -0.381 e. The van der Waals surface area contributed by atoms with E-state index in [0.29, 0.717) is 36.0 Å². The SMILES string of the molecule is C=C/C(C(=O)Nc1ccc(C2(C#N)CCN(C3CCOCC3)CC2)nc1)=C(/C)N(C)c1ccc(C(F)(F)F)cn1.CC.CC. The van der Waals surface area contributed by atoms with Crippen LogP contribution in [0, 0.1) is 11.3 Å². The van der Waals surface area contributed by atoms with Gasteiger partial charge in [-0.05, 0) is 56.9 Å². The molecule has 0 spiro atoms. The van der Waals surface area contributed by atoms with E-state index in [9.17, 15) is 23.2 Å². The number of nitriles is 1. The number of pyridine rings is 2. The first-order valence-electron chi connectivity index (χ1n) is 15.2. The molecule has 44 heavy (non-hydrogen) atoms. The highest BCUT2D eigenvalue weighted by molar-refractivity contribution is 6.06. The van der Waals surface area contributed by atoms with Crippen molar-refractivity contribution in [2.75, 3.05) is 43.6 Å². The number of piperidine rings is 1. The summed E-state index contributed by atoms with van der Waals surface area (Å²) in [5, 5.41) is 12.9. The molecular weight excluding hydrogens is 569 g/mol. The van der Waals surface area contributed by atoms with E-state index in [1.165, 1.54) is 23.2 Å². The maximum absolute atomic E-state index is 13.1. The van der Waals surface area contributed by atoms with Crippen molar-refractivity contribution in [1.29, 1.82) is 5.26 Å². The van der Waals surface area contributed by atoms with E-state index in [1.807, 2.05) is 27.7 Å². The number of amides is 1. The van der Waals surface area contributed by atoms with Crippen LogP contribution in [0.3, 0.4) is 0 Å². The van der Waals surface area contributed by atoms with Crippen LogP contribution in [0.15, 0.2) is 60.6 Å². The number of nitrogens with one attached hydrogen (secondary N) is 1. The normalized spacial score (nSPS) is 17.4. The van der Waals surface area contributed by atoms with Crippen molar-refractivity contribution in [1.82, 2.24) is 14.9 Å². The molecule has 2 aromatic rings. The number of hydrogen-bond donors (Lipinski definition) is 1. The summed E-state index contributed by atoms with van der Waals surface area (Å²) in [7, 11) is 1.60. The summed E-state index contributed by atoms with van der Waals surface area (Å²) < 4.78 is 44.1. The molecule has 2 saturated heterocycles. The Morgan fingerprint density at radius 1 is 1.11 bits per heavy atom. The van der Waals surface area contributed by atoms with Gasteiger partial charge in [-0.1, -0.05) is 40.3 Å². The average Bonchev–Trinajstić information content (AvgIpc) is 3.07. The molecule has 8 nitrogen and oxygen atoms in total. The summed E-state index contributed by atoms with van der Waals surface area (Å²) in [5.41, 5.74) is 0.273. The molecular formula is C33H45F3N6O2. The number of nitrogens with zero attached hydrogens (tertiary/aromatic N) is 5. The van der Waals surface area contributed by atoms with E-state index in [0.717, 1.165) is 51.4 Å². The third-order valence-corrected chi connectivity index (χ3v) is 7.84. The second-order valence-corrected chi connectivity index (χ2v) is 10.1. The molecule has 0 aromatic carbocycles. The van der Waals surface area contributed by atoms with Gasteiger partial charge in [-0.15, -0.1) is 0 Å². The first-order chi connectivity index (χ1) is 21.1. The first kappa shape index (κ1) is 36.4. The number of ether oxygens (including phenoxy) is 1. The zero-order valence-corrected chi connectivity index (χ0v) is 26.7. The fourth-order valence-electron chi connectivity index (χ4n) is 5.21. The molecule has 1 N–H and O–H groups in total. The van der Waals surface area contributed by atoms with Gasteiger partial charge in [-0.3, -0.25) is 9.78 Å². The van der Waals surface area contributed by atoms with Crippen molar-refractivity contribution in [3.63, 3.8) is 0 Å². The Kier molecular flexibility index (Phi) is 14.0. The zero-order chi connectivity index (χ0) is 32.9. The molecule has 11 heteroatoms. The molecule has 1 amide bonds. The molecule has 0 unspecified atom stereocenters. The topological polar surface area (TPSA) is 94.4 Å². The third-order valence-electron chi connectivity index (χ3n) is 7.84. The van der Waals surface area contributed by atoms with E-state index in [1.54, 1.807) is 26.1 Å². The van der Waals surface area contributed by atoms with E-state index < -0.39 is 23.1 Å². The van der Waals surface area contributed by atoms with Crippen LogP contribution in [-0.4, -0.2) is 60.2 Å². The summed E-state index contributed by atoms with van der Waals surface area (Å²) in [5.74, 6) is -0.214. The summed E-state index contributed by atoms with van der Waals surface area (Å²) in [6, 6.07) is 8.69. The van der Waals surface area contributed by atoms with Gasteiger partial charge in [0.1, 0.15) is 11.2 Å². The highest BCUT2D eigenvalue weighted by atomic mass is 19.4. The number of anilines is 2. The van der Waals surface area contributed by atoms with Gasteiger partial charge in [-0.25, -0.2) is 4.98 Å². The number of rotatable bonds is 7. The molecule has 4 heterocycles. The van der Waals surface area contributed by atoms with Gasteiger partial charge in [-0.2, -0.15) is 18.4 Å². The van der Waals surface area contributed by atoms with Crippen molar-refractivity contribution in [3.05, 3.63) is 71.8 Å². The van der Waals surface area contributed by atoms with Crippen LogP contribution >= 0.6 is 0 Å². The van der Waals surface area contributed by atoms with Crippen molar-refractivity contribution in [2.45, 2.75) is 77.9 Å². The molecule has 2 aliphatic rings. The van der Waals surface area contributed by atoms with Crippen LogP contribution in [0.5, 0.6) is 0 Å². The van der Waals surface area contributed by atoms with Crippen LogP contribution in [-0.2, 0) is 21.1 Å². The van der Waals surface area contributed by atoms with E-state index >= 15 is 0 Å². The number of likely N-dealkylation sites (tertiary alicyclic amines) is 1. The second kappa shape index (κ2) is 16.9. The Balaban J connectivity index is 0.00000162. The highest BCUT2D eigenvalue weighted by Crippen LogP contribution is 2.36. The third kappa shape index (κ3) is 8.89. The number of halogens is 3. The molecule has 0 atom stereocenters. The van der Waals surface area contributed by atoms with Crippen molar-refractivity contribution < 1.29 is 22.7 Å². The van der Waals surface area contributed by atoms with Crippen LogP contribution in [0.25, 0.3) is 0 Å².